The lowest BCUT2D eigenvalue weighted by Gasteiger charge is -2.03. The van der Waals surface area contributed by atoms with Crippen molar-refractivity contribution in [2.75, 3.05) is 5.73 Å². The summed E-state index contributed by atoms with van der Waals surface area (Å²) in [6.07, 6.45) is 0. The highest BCUT2D eigenvalue weighted by atomic mass is 79.9. The fraction of sp³-hybridized carbons (Fsp3) is 0.111. The van der Waals surface area contributed by atoms with Crippen molar-refractivity contribution >= 4 is 53.6 Å². The summed E-state index contributed by atoms with van der Waals surface area (Å²) in [5.74, 6) is 1.41. The van der Waals surface area contributed by atoms with Crippen LogP contribution in [0.15, 0.2) is 24.1 Å². The average Bonchev–Trinajstić information content (AvgIpc) is 2.55. The van der Waals surface area contributed by atoms with Crippen LogP contribution >= 0.6 is 47.8 Å². The van der Waals surface area contributed by atoms with E-state index in [0.717, 1.165) is 10.2 Å². The van der Waals surface area contributed by atoms with E-state index in [1.807, 2.05) is 6.92 Å². The Hall–Kier alpha value is -0.400. The summed E-state index contributed by atoms with van der Waals surface area (Å²) in [6, 6.07) is 1.78. The first kappa shape index (κ1) is 12.1. The second-order valence-corrected chi connectivity index (χ2v) is 5.43. The van der Waals surface area contributed by atoms with Crippen LogP contribution in [-0.4, -0.2) is 9.97 Å². The van der Waals surface area contributed by atoms with Gasteiger partial charge in [-0.1, -0.05) is 0 Å². The molecule has 2 N–H and O–H groups in total. The van der Waals surface area contributed by atoms with E-state index in [9.17, 15) is 0 Å². The van der Waals surface area contributed by atoms with Crippen LogP contribution in [0.4, 0.5) is 5.82 Å². The minimum atomic E-state index is 0.395. The van der Waals surface area contributed by atoms with Gasteiger partial charge >= 0.3 is 0 Å². The molecule has 2 rings (SSSR count). The number of nitrogens with two attached hydrogens (primary N) is 1. The van der Waals surface area contributed by atoms with E-state index in [-0.39, 0.29) is 0 Å². The lowest BCUT2D eigenvalue weighted by molar-refractivity contribution is 0.549. The first-order valence-electron chi connectivity index (χ1n) is 4.24. The minimum Gasteiger partial charge on any atom is -0.445 e. The molecule has 0 saturated carbocycles. The molecule has 0 radical (unpaired) electrons. The van der Waals surface area contributed by atoms with Crippen LogP contribution in [0.1, 0.15) is 5.69 Å². The Kier molecular flexibility index (Phi) is 3.37. The van der Waals surface area contributed by atoms with E-state index < -0.39 is 0 Å². The zero-order valence-corrected chi connectivity index (χ0v) is 12.8. The average molecular weight is 412 g/mol. The second kappa shape index (κ2) is 4.46. The van der Waals surface area contributed by atoms with Gasteiger partial charge in [0.1, 0.15) is 5.82 Å². The molecule has 16 heavy (non-hydrogen) atoms. The van der Waals surface area contributed by atoms with Gasteiger partial charge in [0.2, 0.25) is 0 Å². The molecule has 7 heteroatoms. The van der Waals surface area contributed by atoms with Crippen molar-refractivity contribution in [3.8, 4) is 11.6 Å². The molecule has 0 aliphatic carbocycles. The first-order valence-corrected chi connectivity index (χ1v) is 6.61. The predicted molar refractivity (Wildman–Crippen MR) is 72.0 cm³/mol. The van der Waals surface area contributed by atoms with Crippen LogP contribution < -0.4 is 5.73 Å². The van der Waals surface area contributed by atoms with Gasteiger partial charge in [0.15, 0.2) is 16.3 Å². The van der Waals surface area contributed by atoms with E-state index in [2.05, 4.69) is 57.8 Å². The number of nitrogens with zero attached hydrogens (tertiary/aromatic N) is 2. The molecule has 0 fully saturated rings. The van der Waals surface area contributed by atoms with E-state index in [1.165, 1.54) is 0 Å². The number of aromatic nitrogens is 2. The van der Waals surface area contributed by atoms with Crippen molar-refractivity contribution < 1.29 is 4.42 Å². The zero-order chi connectivity index (χ0) is 11.9. The highest BCUT2D eigenvalue weighted by Gasteiger charge is 2.13. The van der Waals surface area contributed by atoms with Crippen LogP contribution in [0.2, 0.25) is 0 Å². The number of anilines is 1. The standard InChI is InChI=1S/C9H6Br3N3O/c1-3-6(11)8(13)15-9(14-3)5-2-4(10)7(12)16-5/h2H,1H3,(H2,13,14,15). The van der Waals surface area contributed by atoms with Crippen LogP contribution in [0.25, 0.3) is 11.6 Å². The summed E-state index contributed by atoms with van der Waals surface area (Å²) < 4.78 is 7.55. The lowest BCUT2D eigenvalue weighted by atomic mass is 10.3. The Labute approximate surface area is 117 Å². The van der Waals surface area contributed by atoms with Gasteiger partial charge in [0, 0.05) is 6.07 Å². The Morgan fingerprint density at radius 2 is 1.94 bits per heavy atom. The monoisotopic (exact) mass is 409 g/mol. The number of rotatable bonds is 1. The van der Waals surface area contributed by atoms with Crippen LogP contribution in [0.5, 0.6) is 0 Å². The van der Waals surface area contributed by atoms with E-state index >= 15 is 0 Å². The van der Waals surface area contributed by atoms with Crippen molar-refractivity contribution in [3.05, 3.63) is 25.4 Å². The SMILES string of the molecule is Cc1nc(-c2cc(Br)c(Br)o2)nc(N)c1Br. The van der Waals surface area contributed by atoms with Gasteiger partial charge in [-0.3, -0.25) is 0 Å². The van der Waals surface area contributed by atoms with Crippen molar-refractivity contribution in [3.63, 3.8) is 0 Å². The molecule has 0 aromatic carbocycles. The van der Waals surface area contributed by atoms with Crippen LogP contribution in [0.3, 0.4) is 0 Å². The fourth-order valence-corrected chi connectivity index (χ4v) is 1.90. The third kappa shape index (κ3) is 2.16. The maximum Gasteiger partial charge on any atom is 0.198 e. The fourth-order valence-electron chi connectivity index (χ4n) is 1.15. The zero-order valence-electron chi connectivity index (χ0n) is 8.09. The molecule has 4 nitrogen and oxygen atoms in total. The van der Waals surface area contributed by atoms with Crippen molar-refractivity contribution in [2.24, 2.45) is 0 Å². The summed E-state index contributed by atoms with van der Waals surface area (Å²) in [7, 11) is 0. The van der Waals surface area contributed by atoms with Gasteiger partial charge in [-0.05, 0) is 54.7 Å². The third-order valence-corrected chi connectivity index (χ3v) is 4.60. The smallest absolute Gasteiger partial charge is 0.198 e. The van der Waals surface area contributed by atoms with Gasteiger partial charge in [-0.25, -0.2) is 9.97 Å². The number of halogens is 3. The Balaban J connectivity index is 2.56. The number of nitrogen functional groups attached to an aromatic ring is 1. The van der Waals surface area contributed by atoms with Crippen LogP contribution in [0, 0.1) is 6.92 Å². The summed E-state index contributed by atoms with van der Waals surface area (Å²) in [4.78, 5) is 8.43. The van der Waals surface area contributed by atoms with Gasteiger partial charge in [-0.15, -0.1) is 0 Å². The molecular formula is C9H6Br3N3O. The Morgan fingerprint density at radius 1 is 1.25 bits per heavy atom. The summed E-state index contributed by atoms with van der Waals surface area (Å²) in [5, 5.41) is 0. The third-order valence-electron chi connectivity index (χ3n) is 1.91. The quantitative estimate of drug-likeness (QED) is 0.772. The number of aryl methyl sites for hydroxylation is 1. The summed E-state index contributed by atoms with van der Waals surface area (Å²) in [5.41, 5.74) is 6.51. The van der Waals surface area contributed by atoms with Gasteiger partial charge < -0.3 is 10.2 Å². The van der Waals surface area contributed by atoms with Crippen molar-refractivity contribution in [1.29, 1.82) is 0 Å². The van der Waals surface area contributed by atoms with Crippen molar-refractivity contribution in [2.45, 2.75) is 6.92 Å². The Bertz CT molecular complexity index is 510. The molecule has 0 aliphatic heterocycles. The second-order valence-electron chi connectivity index (χ2n) is 3.06. The van der Waals surface area contributed by atoms with Gasteiger partial charge in [0.25, 0.3) is 0 Å². The maximum absolute atomic E-state index is 5.74. The van der Waals surface area contributed by atoms with Crippen LogP contribution in [-0.2, 0) is 0 Å². The molecule has 2 heterocycles. The van der Waals surface area contributed by atoms with E-state index in [1.54, 1.807) is 6.07 Å². The normalized spacial score (nSPS) is 10.8. The molecule has 0 bridgehead atoms. The molecule has 0 amide bonds. The molecule has 0 aliphatic rings. The molecular weight excluding hydrogens is 406 g/mol. The van der Waals surface area contributed by atoms with E-state index in [0.29, 0.717) is 26.5 Å². The van der Waals surface area contributed by atoms with Gasteiger partial charge in [0.05, 0.1) is 14.6 Å². The molecule has 0 saturated heterocycles. The molecule has 2 aromatic heterocycles. The highest BCUT2D eigenvalue weighted by molar-refractivity contribution is 9.13. The lowest BCUT2D eigenvalue weighted by Crippen LogP contribution is -1.99. The topological polar surface area (TPSA) is 64.9 Å². The Morgan fingerprint density at radius 3 is 2.44 bits per heavy atom. The number of hydrogen-bond acceptors (Lipinski definition) is 4. The molecule has 0 atom stereocenters. The molecule has 2 aromatic rings. The minimum absolute atomic E-state index is 0.395. The molecule has 0 spiro atoms. The number of furan rings is 1. The largest absolute Gasteiger partial charge is 0.445 e. The first-order chi connectivity index (χ1) is 7.49. The van der Waals surface area contributed by atoms with E-state index in [4.69, 9.17) is 10.2 Å². The van der Waals surface area contributed by atoms with Crippen molar-refractivity contribution in [1.82, 2.24) is 9.97 Å². The predicted octanol–water partition coefficient (Wildman–Crippen LogP) is 3.91. The van der Waals surface area contributed by atoms with Gasteiger partial charge in [-0.2, -0.15) is 0 Å². The summed E-state index contributed by atoms with van der Waals surface area (Å²) in [6.45, 7) is 1.85. The molecule has 0 unspecified atom stereocenters. The summed E-state index contributed by atoms with van der Waals surface area (Å²) >= 11 is 9.89. The highest BCUT2D eigenvalue weighted by Crippen LogP contribution is 2.32. The molecule has 84 valence electrons. The maximum atomic E-state index is 5.74. The number of hydrogen-bond donors (Lipinski definition) is 1.